The molecule has 27 heavy (non-hydrogen) atoms. The molecule has 0 radical (unpaired) electrons. The Morgan fingerprint density at radius 1 is 1.19 bits per heavy atom. The number of aromatic amines is 1. The fraction of sp³-hybridized carbons (Fsp3) is 0.381. The molecule has 2 aliphatic rings. The number of aromatic nitrogens is 2. The number of nitrogens with one attached hydrogen (secondary N) is 2. The lowest BCUT2D eigenvalue weighted by molar-refractivity contribution is -0.361. The van der Waals surface area contributed by atoms with Gasteiger partial charge in [-0.25, -0.2) is 15.1 Å². The maximum atomic E-state index is 12.6. The highest BCUT2D eigenvalue weighted by Gasteiger charge is 2.22. The summed E-state index contributed by atoms with van der Waals surface area (Å²) in [6.07, 6.45) is 13.9. The number of anilines is 1. The fourth-order valence-electron chi connectivity index (χ4n) is 3.88. The summed E-state index contributed by atoms with van der Waals surface area (Å²) in [6, 6.07) is 6.61. The highest BCUT2D eigenvalue weighted by atomic mass is 16.2. The molecule has 0 saturated carbocycles. The van der Waals surface area contributed by atoms with Gasteiger partial charge in [0.05, 0.1) is 12.6 Å². The van der Waals surface area contributed by atoms with Crippen LogP contribution in [0.1, 0.15) is 42.9 Å². The number of carbonyl (C=O) groups is 2. The Morgan fingerprint density at radius 3 is 2.89 bits per heavy atom. The molecule has 0 spiro atoms. The molecule has 2 aromatic heterocycles. The Morgan fingerprint density at radius 2 is 2.04 bits per heavy atom. The third-order valence-corrected chi connectivity index (χ3v) is 5.41. The Bertz CT molecular complexity index is 857. The van der Waals surface area contributed by atoms with Gasteiger partial charge in [0, 0.05) is 48.7 Å². The van der Waals surface area contributed by atoms with Crippen molar-refractivity contribution in [2.75, 3.05) is 18.4 Å². The van der Waals surface area contributed by atoms with Gasteiger partial charge in [-0.1, -0.05) is 0 Å². The minimum atomic E-state index is 0.0385. The van der Waals surface area contributed by atoms with Crippen LogP contribution < -0.4 is 10.3 Å². The van der Waals surface area contributed by atoms with Gasteiger partial charge in [-0.3, -0.25) is 4.79 Å². The van der Waals surface area contributed by atoms with Crippen LogP contribution in [-0.2, 0) is 16.0 Å². The molecule has 140 valence electrons. The lowest BCUT2D eigenvalue weighted by atomic mass is 10.0. The third-order valence-electron chi connectivity index (χ3n) is 5.41. The summed E-state index contributed by atoms with van der Waals surface area (Å²) >= 11 is 0. The number of hydrogen-bond acceptors (Lipinski definition) is 2. The molecule has 2 aliphatic heterocycles. The van der Waals surface area contributed by atoms with Crippen LogP contribution in [0.15, 0.2) is 42.9 Å². The average molecular weight is 365 g/mol. The lowest BCUT2D eigenvalue weighted by Crippen LogP contribution is -2.30. The van der Waals surface area contributed by atoms with Crippen molar-refractivity contribution in [1.29, 1.82) is 0 Å². The molecule has 0 bridgehead atoms. The van der Waals surface area contributed by atoms with E-state index in [4.69, 9.17) is 0 Å². The zero-order valence-corrected chi connectivity index (χ0v) is 15.4. The zero-order chi connectivity index (χ0) is 18.6. The molecule has 0 aromatic carbocycles. The maximum absolute atomic E-state index is 12.6. The zero-order valence-electron chi connectivity index (χ0n) is 15.4. The maximum Gasteiger partial charge on any atom is 0.307 e. The summed E-state index contributed by atoms with van der Waals surface area (Å²) in [7, 11) is 0. The smallest absolute Gasteiger partial charge is 0.307 e. The molecule has 1 saturated heterocycles. The summed E-state index contributed by atoms with van der Waals surface area (Å²) < 4.78 is 2.26. The number of H-pyrrole nitrogens is 1. The first-order valence-electron chi connectivity index (χ1n) is 9.63. The van der Waals surface area contributed by atoms with Gasteiger partial charge >= 0.3 is 5.91 Å². The normalized spacial score (nSPS) is 20.2. The first-order chi connectivity index (χ1) is 13.2. The van der Waals surface area contributed by atoms with E-state index in [1.807, 2.05) is 23.2 Å². The second kappa shape index (κ2) is 7.78. The minimum absolute atomic E-state index is 0.0385. The predicted molar refractivity (Wildman–Crippen MR) is 103 cm³/mol. The van der Waals surface area contributed by atoms with Crippen LogP contribution in [0.25, 0.3) is 6.08 Å². The van der Waals surface area contributed by atoms with Crippen molar-refractivity contribution in [3.05, 3.63) is 54.0 Å². The Kier molecular flexibility index (Phi) is 5.05. The highest BCUT2D eigenvalue weighted by molar-refractivity contribution is 5.93. The topological polar surface area (TPSA) is 68.5 Å². The first-order valence-corrected chi connectivity index (χ1v) is 9.63. The lowest BCUT2D eigenvalue weighted by Gasteiger charge is -2.19. The Labute approximate surface area is 158 Å². The van der Waals surface area contributed by atoms with Crippen molar-refractivity contribution in [1.82, 2.24) is 9.47 Å². The van der Waals surface area contributed by atoms with Gasteiger partial charge in [0.2, 0.25) is 5.91 Å². The van der Waals surface area contributed by atoms with Crippen molar-refractivity contribution in [2.45, 2.75) is 38.1 Å². The molecule has 1 unspecified atom stereocenters. The van der Waals surface area contributed by atoms with Crippen molar-refractivity contribution in [3.8, 4) is 0 Å². The number of fused-ring (bicyclic) bond motifs is 1. The monoisotopic (exact) mass is 365 g/mol. The summed E-state index contributed by atoms with van der Waals surface area (Å²) in [6.45, 7) is 1.59. The molecule has 6 nitrogen and oxygen atoms in total. The van der Waals surface area contributed by atoms with Crippen LogP contribution in [0.4, 0.5) is 5.82 Å². The van der Waals surface area contributed by atoms with Gasteiger partial charge in [0.15, 0.2) is 0 Å². The van der Waals surface area contributed by atoms with Gasteiger partial charge in [0.25, 0.3) is 5.82 Å². The van der Waals surface area contributed by atoms with E-state index in [-0.39, 0.29) is 11.8 Å². The number of carbonyl (C=O) groups excluding carboxylic acids is 2. The molecule has 1 atom stereocenters. The van der Waals surface area contributed by atoms with Gasteiger partial charge in [0.1, 0.15) is 0 Å². The number of hydrogen-bond donors (Lipinski definition) is 1. The molecule has 2 amide bonds. The molecule has 1 fully saturated rings. The van der Waals surface area contributed by atoms with E-state index in [1.165, 1.54) is 0 Å². The van der Waals surface area contributed by atoms with Gasteiger partial charge < -0.3 is 9.47 Å². The van der Waals surface area contributed by atoms with E-state index in [2.05, 4.69) is 39.4 Å². The molecule has 6 heteroatoms. The van der Waals surface area contributed by atoms with E-state index >= 15 is 0 Å². The number of nitrogens with zero attached hydrogens (tertiary/aromatic N) is 2. The van der Waals surface area contributed by atoms with Crippen molar-refractivity contribution >= 4 is 23.7 Å². The fourth-order valence-corrected chi connectivity index (χ4v) is 3.88. The van der Waals surface area contributed by atoms with Crippen LogP contribution in [0.2, 0.25) is 0 Å². The van der Waals surface area contributed by atoms with Crippen molar-refractivity contribution in [2.24, 2.45) is 0 Å². The van der Waals surface area contributed by atoms with Crippen LogP contribution in [0.5, 0.6) is 0 Å². The first kappa shape index (κ1) is 17.5. The van der Waals surface area contributed by atoms with Crippen molar-refractivity contribution < 1.29 is 14.6 Å². The van der Waals surface area contributed by atoms with Crippen LogP contribution in [0.3, 0.4) is 0 Å². The molecule has 2 aromatic rings. The van der Waals surface area contributed by atoms with E-state index < -0.39 is 0 Å². The summed E-state index contributed by atoms with van der Waals surface area (Å²) in [5, 5.41) is 2.83. The highest BCUT2D eigenvalue weighted by Crippen LogP contribution is 2.23. The second-order valence-electron chi connectivity index (χ2n) is 7.26. The number of rotatable bonds is 3. The van der Waals surface area contributed by atoms with E-state index in [1.54, 1.807) is 6.08 Å². The number of aryl methyl sites for hydroxylation is 1. The van der Waals surface area contributed by atoms with Gasteiger partial charge in [-0.05, 0) is 50.0 Å². The molecular formula is C21H25N4O2+. The molecule has 2 N–H and O–H groups in total. The number of likely N-dealkylation sites (tertiary alicyclic amines) is 1. The van der Waals surface area contributed by atoms with Gasteiger partial charge in [-0.15, -0.1) is 0 Å². The molecule has 4 rings (SSSR count). The molecule has 4 heterocycles. The number of pyridine rings is 1. The summed E-state index contributed by atoms with van der Waals surface area (Å²) in [5.74, 6) is 0.865. The largest absolute Gasteiger partial charge is 0.351 e. The quantitative estimate of drug-likeness (QED) is 0.849. The van der Waals surface area contributed by atoms with E-state index in [0.717, 1.165) is 55.7 Å². The molecule has 0 aliphatic carbocycles. The summed E-state index contributed by atoms with van der Waals surface area (Å²) in [4.78, 5) is 29.1. The van der Waals surface area contributed by atoms with Crippen molar-refractivity contribution in [3.63, 3.8) is 0 Å². The Balaban J connectivity index is 1.38. The summed E-state index contributed by atoms with van der Waals surface area (Å²) in [5.41, 5.74) is 2.02. The second-order valence-corrected chi connectivity index (χ2v) is 7.26. The standard InChI is InChI=1S/C21H24N4O2/c26-19-7-6-17-14-16(15-22-21(17)23-19)5-8-20(27)25-12-3-4-18(9-13-25)24-10-1-2-11-24/h1-2,5,8,10-11,14-15,18H,3-4,6-7,9,12-13H2,(H,22,23,26)/p+1/b8-5+. The number of amides is 2. The van der Waals surface area contributed by atoms with Gasteiger partial charge in [-0.2, -0.15) is 0 Å². The predicted octanol–water partition coefficient (Wildman–Crippen LogP) is 2.45. The van der Waals surface area contributed by atoms with Crippen LogP contribution in [-0.4, -0.2) is 34.4 Å². The minimum Gasteiger partial charge on any atom is -0.351 e. The Hall–Kier alpha value is -2.89. The third kappa shape index (κ3) is 4.10. The van der Waals surface area contributed by atoms with E-state index in [0.29, 0.717) is 12.5 Å². The van der Waals surface area contributed by atoms with Crippen LogP contribution in [0, 0.1) is 0 Å². The molecular weight excluding hydrogens is 340 g/mol. The average Bonchev–Trinajstić information content (AvgIpc) is 3.10. The van der Waals surface area contributed by atoms with E-state index in [9.17, 15) is 9.59 Å². The SMILES string of the molecule is O=C1CCc2cc(/C=C/C(=O)N3CCCC(n4cccc4)CC3)c[nH+]c2N1. The van der Waals surface area contributed by atoms with Crippen LogP contribution >= 0.6 is 0 Å².